The van der Waals surface area contributed by atoms with E-state index < -0.39 is 13.9 Å². The van der Waals surface area contributed by atoms with Crippen molar-refractivity contribution in [1.82, 2.24) is 5.01 Å². The molecule has 5 heteroatoms. The molecule has 166 valence electrons. The van der Waals surface area contributed by atoms with Gasteiger partial charge in [0.1, 0.15) is 0 Å². The molecule has 0 saturated heterocycles. The normalized spacial score (nSPS) is 19.4. The first-order valence-corrected chi connectivity index (χ1v) is 14.1. The number of hydrogen-bond donors (Lipinski definition) is 0. The van der Waals surface area contributed by atoms with E-state index in [0.29, 0.717) is 13.0 Å². The van der Waals surface area contributed by atoms with E-state index in [0.717, 1.165) is 29.7 Å². The summed E-state index contributed by atoms with van der Waals surface area (Å²) < 4.78 is 6.44. The molecule has 0 fully saturated rings. The van der Waals surface area contributed by atoms with E-state index in [1.54, 1.807) is 11.9 Å². The van der Waals surface area contributed by atoms with Gasteiger partial charge < -0.3 is 4.43 Å². The summed E-state index contributed by atoms with van der Waals surface area (Å²) in [6.07, 6.45) is 2.40. The zero-order chi connectivity index (χ0) is 22.7. The fourth-order valence-electron chi connectivity index (χ4n) is 3.99. The van der Waals surface area contributed by atoms with Crippen molar-refractivity contribution in [3.8, 4) is 0 Å². The minimum atomic E-state index is -1.80. The fourth-order valence-corrected chi connectivity index (χ4v) is 5.07. The van der Waals surface area contributed by atoms with Crippen LogP contribution in [0.25, 0.3) is 0 Å². The molecule has 2 aromatic rings. The molecule has 31 heavy (non-hydrogen) atoms. The quantitative estimate of drug-likeness (QED) is 0.375. The lowest BCUT2D eigenvalue weighted by Gasteiger charge is -2.38. The first-order chi connectivity index (χ1) is 14.6. The van der Waals surface area contributed by atoms with Crippen molar-refractivity contribution in [3.05, 3.63) is 71.8 Å². The maximum Gasteiger partial charge on any atom is 0.240 e. The van der Waals surface area contributed by atoms with E-state index in [9.17, 15) is 4.79 Å². The molecule has 1 unspecified atom stereocenters. The highest BCUT2D eigenvalue weighted by atomic mass is 28.4. The van der Waals surface area contributed by atoms with E-state index in [4.69, 9.17) is 9.53 Å². The van der Waals surface area contributed by atoms with Crippen LogP contribution in [0.2, 0.25) is 18.1 Å². The molecular formula is C26H36N2O2Si. The summed E-state index contributed by atoms with van der Waals surface area (Å²) in [6, 6.07) is 20.5. The number of amides is 1. The van der Waals surface area contributed by atoms with Crippen LogP contribution >= 0.6 is 0 Å². The van der Waals surface area contributed by atoms with Crippen LogP contribution in [-0.4, -0.2) is 31.6 Å². The number of rotatable bonds is 7. The van der Waals surface area contributed by atoms with Gasteiger partial charge in [-0.2, -0.15) is 5.10 Å². The average molecular weight is 437 g/mol. The van der Waals surface area contributed by atoms with E-state index in [1.165, 1.54) is 0 Å². The van der Waals surface area contributed by atoms with Gasteiger partial charge in [-0.3, -0.25) is 4.79 Å². The molecule has 1 aliphatic heterocycles. The Balaban J connectivity index is 1.87. The summed E-state index contributed by atoms with van der Waals surface area (Å²) in [7, 11) is -1.80. The molecule has 1 amide bonds. The van der Waals surface area contributed by atoms with Crippen molar-refractivity contribution in [2.75, 3.05) is 6.61 Å². The number of hydrogen-bond acceptors (Lipinski definition) is 3. The summed E-state index contributed by atoms with van der Waals surface area (Å²) in [4.78, 5) is 12.7. The van der Waals surface area contributed by atoms with Gasteiger partial charge >= 0.3 is 0 Å². The predicted molar refractivity (Wildman–Crippen MR) is 131 cm³/mol. The van der Waals surface area contributed by atoms with Crippen LogP contribution in [0.5, 0.6) is 0 Å². The average Bonchev–Trinajstić information content (AvgIpc) is 3.13. The summed E-state index contributed by atoms with van der Waals surface area (Å²) in [5.74, 6) is -0.0277. The molecule has 0 N–H and O–H groups in total. The summed E-state index contributed by atoms with van der Waals surface area (Å²) in [5, 5.41) is 6.73. The lowest BCUT2D eigenvalue weighted by Crippen LogP contribution is -2.44. The zero-order valence-corrected chi connectivity index (χ0v) is 20.8. The number of carbonyl (C=O) groups is 1. The Morgan fingerprint density at radius 2 is 1.65 bits per heavy atom. The van der Waals surface area contributed by atoms with E-state index in [1.807, 2.05) is 36.4 Å². The van der Waals surface area contributed by atoms with Crippen LogP contribution in [0.3, 0.4) is 0 Å². The highest BCUT2D eigenvalue weighted by molar-refractivity contribution is 6.74. The van der Waals surface area contributed by atoms with Crippen LogP contribution in [0.1, 0.15) is 58.1 Å². The Morgan fingerprint density at radius 3 is 2.19 bits per heavy atom. The Bertz CT molecular complexity index is 919. The minimum absolute atomic E-state index is 0.0277. The summed E-state index contributed by atoms with van der Waals surface area (Å²) >= 11 is 0. The molecular weight excluding hydrogens is 400 g/mol. The highest BCUT2D eigenvalue weighted by Crippen LogP contribution is 2.43. The van der Waals surface area contributed by atoms with Crippen LogP contribution in [0.4, 0.5) is 0 Å². The number of benzene rings is 2. The highest BCUT2D eigenvalue weighted by Gasteiger charge is 2.46. The van der Waals surface area contributed by atoms with Crippen molar-refractivity contribution in [3.63, 3.8) is 0 Å². The van der Waals surface area contributed by atoms with Gasteiger partial charge in [0.2, 0.25) is 5.91 Å². The van der Waals surface area contributed by atoms with Crippen LogP contribution in [0, 0.1) is 0 Å². The molecule has 3 rings (SSSR count). The molecule has 0 saturated carbocycles. The summed E-state index contributed by atoms with van der Waals surface area (Å²) in [5.41, 5.74) is 2.69. The fraction of sp³-hybridized carbons (Fsp3) is 0.462. The van der Waals surface area contributed by atoms with Crippen LogP contribution < -0.4 is 0 Å². The van der Waals surface area contributed by atoms with Crippen molar-refractivity contribution in [2.24, 2.45) is 5.10 Å². The second-order valence-corrected chi connectivity index (χ2v) is 14.8. The van der Waals surface area contributed by atoms with Gasteiger partial charge in [0.05, 0.1) is 11.3 Å². The summed E-state index contributed by atoms with van der Waals surface area (Å²) in [6.45, 7) is 13.7. The number of carbonyl (C=O) groups excluding carboxylic acids is 1. The minimum Gasteiger partial charge on any atom is -0.417 e. The topological polar surface area (TPSA) is 41.9 Å². The zero-order valence-electron chi connectivity index (χ0n) is 19.8. The lowest BCUT2D eigenvalue weighted by molar-refractivity contribution is -0.135. The standard InChI is InChI=1S/C26H36N2O2Si/c1-21(29)28-26(23-16-11-8-12-17-23,18-13-19-30-31(5,6)25(2,3)4)20-24(27-28)22-14-9-7-10-15-22/h7-12,14-17H,13,18-20H2,1-6H3. The van der Waals surface area contributed by atoms with Crippen molar-refractivity contribution < 1.29 is 9.22 Å². The van der Waals surface area contributed by atoms with Gasteiger partial charge in [0, 0.05) is 20.0 Å². The Kier molecular flexibility index (Phi) is 6.87. The molecule has 0 spiro atoms. The molecule has 1 aliphatic rings. The van der Waals surface area contributed by atoms with Gasteiger partial charge in [0.25, 0.3) is 0 Å². The molecule has 1 heterocycles. The number of hydrazone groups is 1. The van der Waals surface area contributed by atoms with Gasteiger partial charge in [-0.05, 0) is 42.1 Å². The van der Waals surface area contributed by atoms with Gasteiger partial charge in [0.15, 0.2) is 8.32 Å². The lowest BCUT2D eigenvalue weighted by atomic mass is 9.80. The van der Waals surface area contributed by atoms with Crippen molar-refractivity contribution in [2.45, 2.75) is 70.6 Å². The first kappa shape index (κ1) is 23.4. The second-order valence-electron chi connectivity index (χ2n) is 10.0. The largest absolute Gasteiger partial charge is 0.417 e. The third kappa shape index (κ3) is 4.99. The maximum absolute atomic E-state index is 12.7. The first-order valence-electron chi connectivity index (χ1n) is 11.2. The van der Waals surface area contributed by atoms with Crippen molar-refractivity contribution in [1.29, 1.82) is 0 Å². The third-order valence-electron chi connectivity index (χ3n) is 6.81. The Hall–Kier alpha value is -2.24. The van der Waals surface area contributed by atoms with Gasteiger partial charge in [-0.25, -0.2) is 5.01 Å². The molecule has 0 radical (unpaired) electrons. The molecule has 0 aromatic heterocycles. The van der Waals surface area contributed by atoms with E-state index >= 15 is 0 Å². The molecule has 4 nitrogen and oxygen atoms in total. The molecule has 2 aromatic carbocycles. The smallest absolute Gasteiger partial charge is 0.240 e. The Labute approximate surface area is 188 Å². The molecule has 0 aliphatic carbocycles. The van der Waals surface area contributed by atoms with Crippen LogP contribution in [-0.2, 0) is 14.8 Å². The van der Waals surface area contributed by atoms with E-state index in [-0.39, 0.29) is 10.9 Å². The molecule has 0 bridgehead atoms. The molecule has 1 atom stereocenters. The monoisotopic (exact) mass is 436 g/mol. The maximum atomic E-state index is 12.7. The SMILES string of the molecule is CC(=O)N1N=C(c2ccccc2)CC1(CCCO[Si](C)(C)C(C)(C)C)c1ccccc1. The van der Waals surface area contributed by atoms with Gasteiger partial charge in [-0.1, -0.05) is 81.4 Å². The van der Waals surface area contributed by atoms with Crippen LogP contribution in [0.15, 0.2) is 65.8 Å². The number of nitrogens with zero attached hydrogens (tertiary/aromatic N) is 2. The third-order valence-corrected chi connectivity index (χ3v) is 11.3. The van der Waals surface area contributed by atoms with Gasteiger partial charge in [-0.15, -0.1) is 0 Å². The van der Waals surface area contributed by atoms with E-state index in [2.05, 4.69) is 58.1 Å². The predicted octanol–water partition coefficient (Wildman–Crippen LogP) is 6.34. The van der Waals surface area contributed by atoms with Crippen molar-refractivity contribution >= 4 is 19.9 Å². The second kappa shape index (κ2) is 9.09. The Morgan fingerprint density at radius 1 is 1.06 bits per heavy atom.